The van der Waals surface area contributed by atoms with Gasteiger partial charge in [-0.3, -0.25) is 0 Å². The molecule has 1 heterocycles. The van der Waals surface area contributed by atoms with Gasteiger partial charge in [-0.25, -0.2) is 14.6 Å². The topological polar surface area (TPSA) is 65.5 Å². The molecule has 0 unspecified atom stereocenters. The number of ether oxygens (including phenoxy) is 2. The molecule has 0 aliphatic rings. The van der Waals surface area contributed by atoms with E-state index < -0.39 is 11.9 Å². The van der Waals surface area contributed by atoms with E-state index in [1.807, 2.05) is 12.1 Å². The molecule has 2 aromatic carbocycles. The number of benzene rings is 2. The number of carbonyl (C=O) groups is 2. The number of pyridine rings is 1. The van der Waals surface area contributed by atoms with E-state index in [9.17, 15) is 9.59 Å². The van der Waals surface area contributed by atoms with Gasteiger partial charge in [0.2, 0.25) is 0 Å². The van der Waals surface area contributed by atoms with Crippen molar-refractivity contribution in [2.45, 2.75) is 6.61 Å². The van der Waals surface area contributed by atoms with Crippen molar-refractivity contribution in [1.82, 2.24) is 4.98 Å². The minimum Gasteiger partial charge on any atom is -0.465 e. The van der Waals surface area contributed by atoms with Crippen molar-refractivity contribution < 1.29 is 19.1 Å². The number of hydrogen-bond donors (Lipinski definition) is 0. The van der Waals surface area contributed by atoms with Gasteiger partial charge in [-0.1, -0.05) is 41.9 Å². The van der Waals surface area contributed by atoms with Crippen molar-refractivity contribution in [1.29, 1.82) is 0 Å². The molecule has 0 aliphatic heterocycles. The first-order valence-electron chi connectivity index (χ1n) is 7.48. The molecule has 0 saturated carbocycles. The van der Waals surface area contributed by atoms with Gasteiger partial charge >= 0.3 is 11.9 Å². The first-order chi connectivity index (χ1) is 12.1. The summed E-state index contributed by atoms with van der Waals surface area (Å²) in [5.41, 5.74) is 2.04. The maximum atomic E-state index is 12.5. The fraction of sp³-hybridized carbons (Fsp3) is 0.105. The smallest absolute Gasteiger partial charge is 0.339 e. The molecule has 3 aromatic rings. The molecule has 0 N–H and O–H groups in total. The Morgan fingerprint density at radius 1 is 1.04 bits per heavy atom. The van der Waals surface area contributed by atoms with Crippen molar-refractivity contribution in [3.8, 4) is 0 Å². The number of methoxy groups -OCH3 is 1. The van der Waals surface area contributed by atoms with E-state index >= 15 is 0 Å². The first kappa shape index (κ1) is 16.9. The number of carbonyl (C=O) groups excluding carboxylic acids is 2. The lowest BCUT2D eigenvalue weighted by atomic mass is 10.1. The second-order valence-corrected chi connectivity index (χ2v) is 5.67. The second-order valence-electron chi connectivity index (χ2n) is 5.28. The van der Waals surface area contributed by atoms with Crippen LogP contribution < -0.4 is 0 Å². The number of para-hydroxylation sites is 1. The third kappa shape index (κ3) is 3.78. The Labute approximate surface area is 149 Å². The zero-order valence-corrected chi connectivity index (χ0v) is 14.1. The third-order valence-corrected chi connectivity index (χ3v) is 3.82. The maximum Gasteiger partial charge on any atom is 0.339 e. The predicted octanol–water partition coefficient (Wildman–Crippen LogP) is 4.03. The number of nitrogens with zero attached hydrogens (tertiary/aromatic N) is 1. The van der Waals surface area contributed by atoms with Crippen LogP contribution in [0.5, 0.6) is 0 Å². The number of hydrogen-bond acceptors (Lipinski definition) is 5. The van der Waals surface area contributed by atoms with Crippen LogP contribution in [0.2, 0.25) is 5.15 Å². The average molecular weight is 356 g/mol. The molecule has 0 spiro atoms. The minimum atomic E-state index is -0.510. The second kappa shape index (κ2) is 7.32. The predicted molar refractivity (Wildman–Crippen MR) is 93.7 cm³/mol. The molecule has 0 amide bonds. The summed E-state index contributed by atoms with van der Waals surface area (Å²) in [5.74, 6) is -0.955. The summed E-state index contributed by atoms with van der Waals surface area (Å²) in [7, 11) is 1.31. The van der Waals surface area contributed by atoms with E-state index in [-0.39, 0.29) is 11.8 Å². The molecule has 0 radical (unpaired) electrons. The Morgan fingerprint density at radius 3 is 2.64 bits per heavy atom. The van der Waals surface area contributed by atoms with Crippen LogP contribution in [0.3, 0.4) is 0 Å². The molecule has 0 saturated heterocycles. The van der Waals surface area contributed by atoms with Gasteiger partial charge in [0.05, 0.1) is 23.8 Å². The molecule has 0 bridgehead atoms. The van der Waals surface area contributed by atoms with E-state index in [0.29, 0.717) is 27.6 Å². The van der Waals surface area contributed by atoms with Crippen molar-refractivity contribution in [2.24, 2.45) is 0 Å². The van der Waals surface area contributed by atoms with Gasteiger partial charge in [0, 0.05) is 5.39 Å². The monoisotopic (exact) mass is 355 g/mol. The van der Waals surface area contributed by atoms with Gasteiger partial charge < -0.3 is 9.47 Å². The number of esters is 2. The van der Waals surface area contributed by atoms with Crippen LogP contribution in [-0.2, 0) is 16.1 Å². The zero-order valence-electron chi connectivity index (χ0n) is 13.4. The zero-order chi connectivity index (χ0) is 17.8. The van der Waals surface area contributed by atoms with Crippen LogP contribution >= 0.6 is 11.6 Å². The highest BCUT2D eigenvalue weighted by molar-refractivity contribution is 6.30. The Hall–Kier alpha value is -2.92. The fourth-order valence-electron chi connectivity index (χ4n) is 2.44. The van der Waals surface area contributed by atoms with Crippen LogP contribution in [0.25, 0.3) is 10.9 Å². The van der Waals surface area contributed by atoms with E-state index in [1.165, 1.54) is 13.2 Å². The van der Waals surface area contributed by atoms with Gasteiger partial charge in [-0.05, 0) is 29.8 Å². The van der Waals surface area contributed by atoms with Crippen LogP contribution in [0, 0.1) is 0 Å². The molecular formula is C19H14ClNO4. The lowest BCUT2D eigenvalue weighted by Gasteiger charge is -2.09. The van der Waals surface area contributed by atoms with Crippen LogP contribution in [0.4, 0.5) is 0 Å². The highest BCUT2D eigenvalue weighted by Gasteiger charge is 2.14. The standard InChI is InChI=1S/C19H14ClNO4/c1-24-18(22)13-6-4-5-12(9-13)11-25-19(23)15-10-17(20)21-16-8-3-2-7-14(15)16/h2-10H,11H2,1H3. The van der Waals surface area contributed by atoms with Crippen molar-refractivity contribution in [3.63, 3.8) is 0 Å². The van der Waals surface area contributed by atoms with Gasteiger partial charge in [0.1, 0.15) is 11.8 Å². The normalized spacial score (nSPS) is 10.5. The highest BCUT2D eigenvalue weighted by atomic mass is 35.5. The quantitative estimate of drug-likeness (QED) is 0.522. The van der Waals surface area contributed by atoms with Crippen LogP contribution in [0.15, 0.2) is 54.6 Å². The summed E-state index contributed by atoms with van der Waals surface area (Å²) in [6.07, 6.45) is 0. The van der Waals surface area contributed by atoms with Gasteiger partial charge in [0.15, 0.2) is 0 Å². The van der Waals surface area contributed by atoms with E-state index in [2.05, 4.69) is 9.72 Å². The molecule has 3 rings (SSSR count). The molecule has 1 aromatic heterocycles. The summed E-state index contributed by atoms with van der Waals surface area (Å²) in [6.45, 7) is 0.0257. The number of fused-ring (bicyclic) bond motifs is 1. The molecule has 126 valence electrons. The van der Waals surface area contributed by atoms with E-state index in [1.54, 1.807) is 36.4 Å². The van der Waals surface area contributed by atoms with Crippen molar-refractivity contribution in [2.75, 3.05) is 7.11 Å². The van der Waals surface area contributed by atoms with Crippen LogP contribution in [0.1, 0.15) is 26.3 Å². The molecule has 5 nitrogen and oxygen atoms in total. The summed E-state index contributed by atoms with van der Waals surface area (Å²) in [6, 6.07) is 15.4. The molecule has 0 aliphatic carbocycles. The number of halogens is 1. The average Bonchev–Trinajstić information content (AvgIpc) is 2.65. The molecule has 25 heavy (non-hydrogen) atoms. The molecular weight excluding hydrogens is 342 g/mol. The van der Waals surface area contributed by atoms with Crippen LogP contribution in [-0.4, -0.2) is 24.0 Å². The minimum absolute atomic E-state index is 0.0257. The Morgan fingerprint density at radius 2 is 1.84 bits per heavy atom. The third-order valence-electron chi connectivity index (χ3n) is 3.62. The van der Waals surface area contributed by atoms with E-state index in [0.717, 1.165) is 0 Å². The molecule has 6 heteroatoms. The number of aromatic nitrogens is 1. The van der Waals surface area contributed by atoms with E-state index in [4.69, 9.17) is 16.3 Å². The summed E-state index contributed by atoms with van der Waals surface area (Å²) in [4.78, 5) is 28.2. The Bertz CT molecular complexity index is 955. The molecule has 0 atom stereocenters. The lowest BCUT2D eigenvalue weighted by molar-refractivity contribution is 0.0475. The molecule has 0 fully saturated rings. The Balaban J connectivity index is 1.81. The summed E-state index contributed by atoms with van der Waals surface area (Å²) in [5, 5.41) is 0.888. The summed E-state index contributed by atoms with van der Waals surface area (Å²) < 4.78 is 10.0. The first-order valence-corrected chi connectivity index (χ1v) is 7.86. The highest BCUT2D eigenvalue weighted by Crippen LogP contribution is 2.22. The Kier molecular flexibility index (Phi) is 4.95. The van der Waals surface area contributed by atoms with Crippen molar-refractivity contribution >= 4 is 34.4 Å². The van der Waals surface area contributed by atoms with Gasteiger partial charge in [-0.2, -0.15) is 0 Å². The van der Waals surface area contributed by atoms with Crippen molar-refractivity contribution in [3.05, 3.63) is 76.4 Å². The largest absolute Gasteiger partial charge is 0.465 e. The maximum absolute atomic E-state index is 12.5. The summed E-state index contributed by atoms with van der Waals surface area (Å²) >= 11 is 5.99. The lowest BCUT2D eigenvalue weighted by Crippen LogP contribution is -2.07. The fourth-order valence-corrected chi connectivity index (χ4v) is 2.64. The number of rotatable bonds is 4. The SMILES string of the molecule is COC(=O)c1cccc(COC(=O)c2cc(Cl)nc3ccccc23)c1. The van der Waals surface area contributed by atoms with Gasteiger partial charge in [0.25, 0.3) is 0 Å². The van der Waals surface area contributed by atoms with Gasteiger partial charge in [-0.15, -0.1) is 0 Å².